The van der Waals surface area contributed by atoms with Gasteiger partial charge >= 0.3 is 6.09 Å². The molecule has 0 fully saturated rings. The third kappa shape index (κ3) is 5.02. The molecular weight excluding hydrogens is 354 g/mol. The zero-order valence-corrected chi connectivity index (χ0v) is 15.1. The highest BCUT2D eigenvalue weighted by atomic mass is 35.5. The number of hydrogen-bond acceptors (Lipinski definition) is 3. The maximum atomic E-state index is 12.2. The van der Waals surface area contributed by atoms with Gasteiger partial charge in [-0.1, -0.05) is 59.3 Å². The fourth-order valence-electron chi connectivity index (χ4n) is 2.17. The molecule has 5 heteroatoms. The van der Waals surface area contributed by atoms with Crippen molar-refractivity contribution in [2.75, 3.05) is 5.32 Å². The van der Waals surface area contributed by atoms with Crippen molar-refractivity contribution in [3.05, 3.63) is 83.4 Å². The molecule has 0 saturated heterocycles. The average Bonchev–Trinajstić information content (AvgIpc) is 2.58. The quantitative estimate of drug-likeness (QED) is 0.577. The number of nitrogens with one attached hydrogen (secondary N) is 1. The second-order valence-corrected chi connectivity index (χ2v) is 6.93. The predicted octanol–water partition coefficient (Wildman–Crippen LogP) is 6.41. The van der Waals surface area contributed by atoms with E-state index >= 15 is 0 Å². The Morgan fingerprint density at radius 1 is 1.00 bits per heavy atom. The van der Waals surface area contributed by atoms with Gasteiger partial charge in [0.25, 0.3) is 0 Å². The number of benzene rings is 3. The molecule has 1 N–H and O–H groups in total. The van der Waals surface area contributed by atoms with Crippen molar-refractivity contribution in [1.29, 1.82) is 0 Å². The molecule has 0 aliphatic heterocycles. The molecule has 3 rings (SSSR count). The second kappa shape index (κ2) is 8.10. The van der Waals surface area contributed by atoms with Crippen molar-refractivity contribution >= 4 is 35.1 Å². The van der Waals surface area contributed by atoms with Crippen LogP contribution >= 0.6 is 23.4 Å². The van der Waals surface area contributed by atoms with Crippen molar-refractivity contribution in [3.8, 4) is 5.75 Å². The molecule has 0 aliphatic rings. The van der Waals surface area contributed by atoms with Gasteiger partial charge in [0.2, 0.25) is 0 Å². The van der Waals surface area contributed by atoms with Crippen LogP contribution in [0, 0.1) is 6.92 Å². The van der Waals surface area contributed by atoms with Gasteiger partial charge in [0.1, 0.15) is 5.75 Å². The van der Waals surface area contributed by atoms with Crippen LogP contribution in [-0.2, 0) is 0 Å². The lowest BCUT2D eigenvalue weighted by molar-refractivity contribution is 0.215. The number of halogens is 1. The lowest BCUT2D eigenvalue weighted by Gasteiger charge is -2.11. The molecule has 3 aromatic rings. The molecule has 1 amide bonds. The van der Waals surface area contributed by atoms with Gasteiger partial charge in [-0.15, -0.1) is 0 Å². The summed E-state index contributed by atoms with van der Waals surface area (Å²) < 4.78 is 5.28. The van der Waals surface area contributed by atoms with Crippen LogP contribution in [0.15, 0.2) is 82.6 Å². The van der Waals surface area contributed by atoms with Crippen molar-refractivity contribution in [2.45, 2.75) is 16.7 Å². The van der Waals surface area contributed by atoms with Gasteiger partial charge in [0.05, 0.1) is 5.69 Å². The standard InChI is InChI=1S/C20H16ClNO2S/c1-14-9-11-17(12-10-14)25-19-8-3-2-7-18(19)22-20(23)24-16-6-4-5-15(21)13-16/h2-13H,1H3,(H,22,23). The number of amides is 1. The van der Waals surface area contributed by atoms with E-state index in [2.05, 4.69) is 36.5 Å². The summed E-state index contributed by atoms with van der Waals surface area (Å²) in [6, 6.07) is 22.6. The Bertz CT molecular complexity index is 881. The minimum atomic E-state index is -0.556. The number of aryl methyl sites for hydroxylation is 1. The molecule has 0 spiro atoms. The first-order chi connectivity index (χ1) is 12.1. The summed E-state index contributed by atoms with van der Waals surface area (Å²) in [7, 11) is 0. The molecule has 0 atom stereocenters. The van der Waals surface area contributed by atoms with Gasteiger partial charge in [-0.2, -0.15) is 0 Å². The SMILES string of the molecule is Cc1ccc(Sc2ccccc2NC(=O)Oc2cccc(Cl)c2)cc1. The van der Waals surface area contributed by atoms with E-state index in [1.54, 1.807) is 36.0 Å². The molecule has 0 aliphatic carbocycles. The Labute approximate surface area is 156 Å². The van der Waals surface area contributed by atoms with E-state index in [4.69, 9.17) is 16.3 Å². The van der Waals surface area contributed by atoms with Crippen molar-refractivity contribution in [3.63, 3.8) is 0 Å². The minimum Gasteiger partial charge on any atom is -0.410 e. The van der Waals surface area contributed by atoms with Gasteiger partial charge in [-0.05, 0) is 49.4 Å². The normalized spacial score (nSPS) is 10.3. The van der Waals surface area contributed by atoms with Crippen LogP contribution in [0.5, 0.6) is 5.75 Å². The van der Waals surface area contributed by atoms with Crippen LogP contribution in [-0.4, -0.2) is 6.09 Å². The van der Waals surface area contributed by atoms with Gasteiger partial charge in [-0.25, -0.2) is 4.79 Å². The van der Waals surface area contributed by atoms with E-state index in [0.717, 1.165) is 9.79 Å². The Kier molecular flexibility index (Phi) is 5.64. The van der Waals surface area contributed by atoms with E-state index in [1.807, 2.05) is 24.3 Å². The van der Waals surface area contributed by atoms with E-state index in [1.165, 1.54) is 5.56 Å². The van der Waals surface area contributed by atoms with Crippen molar-refractivity contribution < 1.29 is 9.53 Å². The topological polar surface area (TPSA) is 38.3 Å². The number of carbonyl (C=O) groups is 1. The molecule has 0 unspecified atom stereocenters. The van der Waals surface area contributed by atoms with Crippen LogP contribution in [0.3, 0.4) is 0 Å². The minimum absolute atomic E-state index is 0.397. The first kappa shape index (κ1) is 17.4. The van der Waals surface area contributed by atoms with Crippen LogP contribution in [0.25, 0.3) is 0 Å². The highest BCUT2D eigenvalue weighted by molar-refractivity contribution is 7.99. The monoisotopic (exact) mass is 369 g/mol. The Morgan fingerprint density at radius 3 is 2.52 bits per heavy atom. The zero-order valence-electron chi connectivity index (χ0n) is 13.5. The lowest BCUT2D eigenvalue weighted by atomic mass is 10.2. The molecular formula is C20H16ClNO2S. The summed E-state index contributed by atoms with van der Waals surface area (Å²) in [6.45, 7) is 2.05. The summed E-state index contributed by atoms with van der Waals surface area (Å²) in [5.74, 6) is 0.397. The Hall–Kier alpha value is -2.43. The summed E-state index contributed by atoms with van der Waals surface area (Å²) in [5.41, 5.74) is 1.90. The molecule has 0 saturated carbocycles. The van der Waals surface area contributed by atoms with Crippen molar-refractivity contribution in [1.82, 2.24) is 0 Å². The van der Waals surface area contributed by atoms with Gasteiger partial charge in [-0.3, -0.25) is 5.32 Å². The maximum absolute atomic E-state index is 12.2. The Balaban J connectivity index is 1.72. The predicted molar refractivity (Wildman–Crippen MR) is 103 cm³/mol. The summed E-state index contributed by atoms with van der Waals surface area (Å²) >= 11 is 7.48. The van der Waals surface area contributed by atoms with Crippen LogP contribution in [0.4, 0.5) is 10.5 Å². The summed E-state index contributed by atoms with van der Waals surface area (Å²) in [4.78, 5) is 14.2. The highest BCUT2D eigenvalue weighted by Gasteiger charge is 2.10. The zero-order chi connectivity index (χ0) is 17.6. The van der Waals surface area contributed by atoms with Crippen LogP contribution in [0.2, 0.25) is 5.02 Å². The molecule has 0 heterocycles. The summed E-state index contributed by atoms with van der Waals surface area (Å²) in [6.07, 6.45) is -0.556. The fraction of sp³-hybridized carbons (Fsp3) is 0.0500. The van der Waals surface area contributed by atoms with Gasteiger partial charge < -0.3 is 4.74 Å². The fourth-order valence-corrected chi connectivity index (χ4v) is 3.25. The second-order valence-electron chi connectivity index (χ2n) is 5.38. The van der Waals surface area contributed by atoms with E-state index in [9.17, 15) is 4.79 Å². The van der Waals surface area contributed by atoms with Crippen LogP contribution in [0.1, 0.15) is 5.56 Å². The number of hydrogen-bond donors (Lipinski definition) is 1. The van der Waals surface area contributed by atoms with Gasteiger partial charge in [0, 0.05) is 14.8 Å². The summed E-state index contributed by atoms with van der Waals surface area (Å²) in [5, 5.41) is 3.30. The number of carbonyl (C=O) groups excluding carboxylic acids is 1. The number of para-hydroxylation sites is 1. The largest absolute Gasteiger partial charge is 0.417 e. The molecule has 3 aromatic carbocycles. The van der Waals surface area contributed by atoms with E-state index < -0.39 is 6.09 Å². The third-order valence-corrected chi connectivity index (χ3v) is 4.70. The number of anilines is 1. The van der Waals surface area contributed by atoms with E-state index in [-0.39, 0.29) is 0 Å². The van der Waals surface area contributed by atoms with Crippen LogP contribution < -0.4 is 10.1 Å². The molecule has 126 valence electrons. The van der Waals surface area contributed by atoms with E-state index in [0.29, 0.717) is 16.5 Å². The Morgan fingerprint density at radius 2 is 1.76 bits per heavy atom. The van der Waals surface area contributed by atoms with Crippen molar-refractivity contribution in [2.24, 2.45) is 0 Å². The molecule has 0 bridgehead atoms. The molecule has 0 radical (unpaired) electrons. The third-order valence-electron chi connectivity index (χ3n) is 3.38. The first-order valence-corrected chi connectivity index (χ1v) is 8.87. The molecule has 0 aromatic heterocycles. The smallest absolute Gasteiger partial charge is 0.410 e. The van der Waals surface area contributed by atoms with Gasteiger partial charge in [0.15, 0.2) is 0 Å². The number of ether oxygens (including phenoxy) is 1. The number of rotatable bonds is 4. The lowest BCUT2D eigenvalue weighted by Crippen LogP contribution is -2.17. The first-order valence-electron chi connectivity index (χ1n) is 7.68. The highest BCUT2D eigenvalue weighted by Crippen LogP contribution is 2.33. The average molecular weight is 370 g/mol. The maximum Gasteiger partial charge on any atom is 0.417 e. The molecule has 25 heavy (non-hydrogen) atoms. The molecule has 3 nitrogen and oxygen atoms in total.